The Morgan fingerprint density at radius 3 is 2.56 bits per heavy atom. The van der Waals surface area contributed by atoms with E-state index >= 15 is 0 Å². The van der Waals surface area contributed by atoms with Crippen molar-refractivity contribution in [3.8, 4) is 0 Å². The van der Waals surface area contributed by atoms with Gasteiger partial charge < -0.3 is 4.90 Å². The van der Waals surface area contributed by atoms with E-state index in [1.54, 1.807) is 18.3 Å². The fourth-order valence-corrected chi connectivity index (χ4v) is 2.41. The molecule has 1 aromatic heterocycles. The Bertz CT molecular complexity index is 440. The molecule has 18 heavy (non-hydrogen) atoms. The quantitative estimate of drug-likeness (QED) is 0.780. The van der Waals surface area contributed by atoms with Gasteiger partial charge in [0.1, 0.15) is 5.69 Å². The Morgan fingerprint density at radius 1 is 1.39 bits per heavy atom. The van der Waals surface area contributed by atoms with Gasteiger partial charge >= 0.3 is 0 Å². The summed E-state index contributed by atoms with van der Waals surface area (Å²) in [6, 6.07) is 4.01. The van der Waals surface area contributed by atoms with E-state index in [1.165, 1.54) is 0 Å². The van der Waals surface area contributed by atoms with Gasteiger partial charge in [0.25, 0.3) is 5.91 Å². The first-order chi connectivity index (χ1) is 8.49. The molecule has 1 aliphatic heterocycles. The van der Waals surface area contributed by atoms with Crippen LogP contribution in [0.2, 0.25) is 5.02 Å². The summed E-state index contributed by atoms with van der Waals surface area (Å²) in [7, 11) is 2.09. The van der Waals surface area contributed by atoms with Crippen molar-refractivity contribution in [1.29, 1.82) is 0 Å². The average Bonchev–Trinajstić information content (AvgIpc) is 2.34. The van der Waals surface area contributed by atoms with Gasteiger partial charge in [-0.2, -0.15) is 0 Å². The van der Waals surface area contributed by atoms with Crippen LogP contribution < -0.4 is 0 Å². The minimum Gasteiger partial charge on any atom is -0.334 e. The summed E-state index contributed by atoms with van der Waals surface area (Å²) in [5.41, 5.74) is 0.423. The molecule has 0 bridgehead atoms. The van der Waals surface area contributed by atoms with E-state index in [0.29, 0.717) is 22.8 Å². The van der Waals surface area contributed by atoms with Crippen LogP contribution in [0.4, 0.5) is 0 Å². The number of pyridine rings is 1. The minimum absolute atomic E-state index is 0.0377. The molecule has 1 amide bonds. The molecule has 5 heteroatoms. The number of carbonyl (C=O) groups excluding carboxylic acids is 1. The maximum atomic E-state index is 12.3. The summed E-state index contributed by atoms with van der Waals surface area (Å²) >= 11 is 5.89. The summed E-state index contributed by atoms with van der Waals surface area (Å²) in [6.07, 6.45) is 1.57. The molecule has 4 nitrogen and oxygen atoms in total. The molecule has 2 atom stereocenters. The van der Waals surface area contributed by atoms with Crippen LogP contribution in [-0.4, -0.2) is 52.9 Å². The second-order valence-electron chi connectivity index (χ2n) is 4.93. The second-order valence-corrected chi connectivity index (χ2v) is 5.37. The summed E-state index contributed by atoms with van der Waals surface area (Å²) in [5, 5.41) is 0.545. The minimum atomic E-state index is -0.0377. The van der Waals surface area contributed by atoms with Crippen molar-refractivity contribution in [2.75, 3.05) is 20.1 Å². The fraction of sp³-hybridized carbons (Fsp3) is 0.538. The number of carbonyl (C=O) groups is 1. The molecule has 98 valence electrons. The highest BCUT2D eigenvalue weighted by atomic mass is 35.5. The normalized spacial score (nSPS) is 25.2. The molecule has 0 saturated carbocycles. The molecule has 2 unspecified atom stereocenters. The Morgan fingerprint density at radius 2 is 2.00 bits per heavy atom. The SMILES string of the molecule is CC1CN(C(=O)c2cc(Cl)ccn2)CC(C)N1C. The topological polar surface area (TPSA) is 36.4 Å². The Kier molecular flexibility index (Phi) is 3.88. The van der Waals surface area contributed by atoms with Crippen molar-refractivity contribution in [2.45, 2.75) is 25.9 Å². The number of hydrogen-bond acceptors (Lipinski definition) is 3. The number of nitrogens with zero attached hydrogens (tertiary/aromatic N) is 3. The molecule has 0 aromatic carbocycles. The highest BCUT2D eigenvalue weighted by Crippen LogP contribution is 2.16. The molecule has 0 spiro atoms. The van der Waals surface area contributed by atoms with Crippen LogP contribution in [-0.2, 0) is 0 Å². The molecule has 1 fully saturated rings. The maximum absolute atomic E-state index is 12.3. The van der Waals surface area contributed by atoms with Crippen LogP contribution in [0.1, 0.15) is 24.3 Å². The van der Waals surface area contributed by atoms with Crippen LogP contribution in [0.25, 0.3) is 0 Å². The van der Waals surface area contributed by atoms with Crippen molar-refractivity contribution in [3.05, 3.63) is 29.0 Å². The van der Waals surface area contributed by atoms with E-state index in [4.69, 9.17) is 11.6 Å². The van der Waals surface area contributed by atoms with E-state index in [1.807, 2.05) is 4.90 Å². The molecular formula is C13H18ClN3O. The third-order valence-corrected chi connectivity index (χ3v) is 3.82. The van der Waals surface area contributed by atoms with E-state index in [9.17, 15) is 4.79 Å². The predicted molar refractivity (Wildman–Crippen MR) is 71.8 cm³/mol. The van der Waals surface area contributed by atoms with Gasteiger partial charge in [-0.15, -0.1) is 0 Å². The second kappa shape index (κ2) is 5.24. The van der Waals surface area contributed by atoms with Crippen LogP contribution in [0.3, 0.4) is 0 Å². The number of likely N-dealkylation sites (N-methyl/N-ethyl adjacent to an activating group) is 1. The van der Waals surface area contributed by atoms with Gasteiger partial charge in [0.05, 0.1) is 0 Å². The van der Waals surface area contributed by atoms with Gasteiger partial charge in [-0.05, 0) is 33.0 Å². The zero-order chi connectivity index (χ0) is 13.3. The monoisotopic (exact) mass is 267 g/mol. The maximum Gasteiger partial charge on any atom is 0.272 e. The molecule has 1 saturated heterocycles. The standard InChI is InChI=1S/C13H18ClN3O/c1-9-7-17(8-10(2)16(9)3)13(18)12-6-11(14)4-5-15-12/h4-6,9-10H,7-8H2,1-3H3. The average molecular weight is 268 g/mol. The third-order valence-electron chi connectivity index (χ3n) is 3.59. The molecule has 1 aromatic rings. The van der Waals surface area contributed by atoms with Crippen LogP contribution in [0.5, 0.6) is 0 Å². The van der Waals surface area contributed by atoms with Crippen molar-refractivity contribution >= 4 is 17.5 Å². The zero-order valence-electron chi connectivity index (χ0n) is 10.9. The smallest absolute Gasteiger partial charge is 0.272 e. The molecule has 0 radical (unpaired) electrons. The molecule has 0 aliphatic carbocycles. The predicted octanol–water partition coefficient (Wildman–Crippen LogP) is 1.90. The highest BCUT2D eigenvalue weighted by molar-refractivity contribution is 6.30. The summed E-state index contributed by atoms with van der Waals surface area (Å²) in [6.45, 7) is 5.71. The Balaban J connectivity index is 2.15. The van der Waals surface area contributed by atoms with Crippen molar-refractivity contribution < 1.29 is 4.79 Å². The molecular weight excluding hydrogens is 250 g/mol. The van der Waals surface area contributed by atoms with Gasteiger partial charge in [-0.1, -0.05) is 11.6 Å². The van der Waals surface area contributed by atoms with Gasteiger partial charge in [0.15, 0.2) is 0 Å². The van der Waals surface area contributed by atoms with E-state index in [2.05, 4.69) is 30.8 Å². The lowest BCUT2D eigenvalue weighted by Crippen LogP contribution is -2.56. The summed E-state index contributed by atoms with van der Waals surface area (Å²) in [4.78, 5) is 20.6. The number of aromatic nitrogens is 1. The van der Waals surface area contributed by atoms with E-state index < -0.39 is 0 Å². The number of hydrogen-bond donors (Lipinski definition) is 0. The van der Waals surface area contributed by atoms with Crippen LogP contribution in [0.15, 0.2) is 18.3 Å². The highest BCUT2D eigenvalue weighted by Gasteiger charge is 2.30. The number of halogens is 1. The van der Waals surface area contributed by atoms with Gasteiger partial charge in [-0.25, -0.2) is 0 Å². The van der Waals surface area contributed by atoms with Crippen molar-refractivity contribution in [2.24, 2.45) is 0 Å². The van der Waals surface area contributed by atoms with Crippen LogP contribution >= 0.6 is 11.6 Å². The van der Waals surface area contributed by atoms with Gasteiger partial charge in [0, 0.05) is 36.4 Å². The third kappa shape index (κ3) is 2.65. The first-order valence-corrected chi connectivity index (χ1v) is 6.49. The van der Waals surface area contributed by atoms with Crippen molar-refractivity contribution in [3.63, 3.8) is 0 Å². The first-order valence-electron chi connectivity index (χ1n) is 6.12. The number of amides is 1. The molecule has 1 aliphatic rings. The molecule has 0 N–H and O–H groups in total. The largest absolute Gasteiger partial charge is 0.334 e. The first kappa shape index (κ1) is 13.3. The molecule has 2 heterocycles. The Labute approximate surface area is 113 Å². The fourth-order valence-electron chi connectivity index (χ4n) is 2.25. The van der Waals surface area contributed by atoms with Gasteiger partial charge in [0.2, 0.25) is 0 Å². The van der Waals surface area contributed by atoms with E-state index in [0.717, 1.165) is 13.1 Å². The lowest BCUT2D eigenvalue weighted by molar-refractivity contribution is 0.0409. The van der Waals surface area contributed by atoms with E-state index in [-0.39, 0.29) is 5.91 Å². The van der Waals surface area contributed by atoms with Gasteiger partial charge in [-0.3, -0.25) is 14.7 Å². The summed E-state index contributed by atoms with van der Waals surface area (Å²) < 4.78 is 0. The summed E-state index contributed by atoms with van der Waals surface area (Å²) in [5.74, 6) is -0.0377. The van der Waals surface area contributed by atoms with Crippen LogP contribution in [0, 0.1) is 0 Å². The lowest BCUT2D eigenvalue weighted by Gasteiger charge is -2.42. The lowest BCUT2D eigenvalue weighted by atomic mass is 10.1. The number of piperazine rings is 1. The molecule has 2 rings (SSSR count). The van der Waals surface area contributed by atoms with Crippen molar-refractivity contribution in [1.82, 2.24) is 14.8 Å². The Hall–Kier alpha value is -1.13. The zero-order valence-corrected chi connectivity index (χ0v) is 11.7. The number of rotatable bonds is 1.